The van der Waals surface area contributed by atoms with Gasteiger partial charge in [-0.3, -0.25) is 5.32 Å². The van der Waals surface area contributed by atoms with E-state index in [0.29, 0.717) is 6.54 Å². The summed E-state index contributed by atoms with van der Waals surface area (Å²) in [6.45, 7) is 7.44. The molecule has 7 heteroatoms. The lowest BCUT2D eigenvalue weighted by molar-refractivity contribution is 0.242. The molecule has 0 saturated carbocycles. The fourth-order valence-electron chi connectivity index (χ4n) is 0.722. The Morgan fingerprint density at radius 3 is 2.35 bits per heavy atom. The van der Waals surface area contributed by atoms with Crippen LogP contribution in [0.15, 0.2) is 30.3 Å². The second-order valence-corrected chi connectivity index (χ2v) is 2.72. The van der Waals surface area contributed by atoms with E-state index in [0.717, 1.165) is 0 Å². The standard InChI is InChI=1S/C10H16N4O3/c1-4-6-11-8(15)13-10(17-3)14-9(16)12-7-5-2/h4-5H,1-2,6-7H2,3H3,(H3,11,12,13,14,15,16). The molecule has 0 aliphatic heterocycles. The van der Waals surface area contributed by atoms with Gasteiger partial charge in [0.05, 0.1) is 7.11 Å². The molecule has 0 bridgehead atoms. The zero-order chi connectivity index (χ0) is 13.1. The molecular weight excluding hydrogens is 224 g/mol. The lowest BCUT2D eigenvalue weighted by Crippen LogP contribution is -2.41. The predicted molar refractivity (Wildman–Crippen MR) is 64.8 cm³/mol. The summed E-state index contributed by atoms with van der Waals surface area (Å²) in [6, 6.07) is -1.37. The van der Waals surface area contributed by atoms with Gasteiger partial charge in [0.15, 0.2) is 0 Å². The molecule has 0 aromatic carbocycles. The molecule has 0 rings (SSSR count). The van der Waals surface area contributed by atoms with Gasteiger partial charge in [0.25, 0.3) is 0 Å². The molecule has 7 nitrogen and oxygen atoms in total. The van der Waals surface area contributed by atoms with Crippen molar-refractivity contribution in [2.45, 2.75) is 0 Å². The molecule has 0 aromatic heterocycles. The molecule has 17 heavy (non-hydrogen) atoms. The van der Waals surface area contributed by atoms with E-state index < -0.39 is 12.1 Å². The summed E-state index contributed by atoms with van der Waals surface area (Å²) >= 11 is 0. The molecule has 0 atom stereocenters. The lowest BCUT2D eigenvalue weighted by atomic mass is 10.6. The summed E-state index contributed by atoms with van der Waals surface area (Å²) in [6.07, 6.45) is 3.02. The molecule has 0 heterocycles. The molecule has 0 aliphatic carbocycles. The van der Waals surface area contributed by atoms with Crippen LogP contribution in [0.1, 0.15) is 0 Å². The van der Waals surface area contributed by atoms with E-state index in [9.17, 15) is 9.59 Å². The first-order chi connectivity index (χ1) is 8.13. The number of urea groups is 2. The topological polar surface area (TPSA) is 91.8 Å². The maximum Gasteiger partial charge on any atom is 0.345 e. The van der Waals surface area contributed by atoms with E-state index in [1.165, 1.54) is 19.3 Å². The van der Waals surface area contributed by atoms with Gasteiger partial charge >= 0.3 is 18.1 Å². The normalized spacial score (nSPS) is 10.1. The summed E-state index contributed by atoms with van der Waals surface area (Å²) in [4.78, 5) is 25.8. The molecule has 0 unspecified atom stereocenters. The van der Waals surface area contributed by atoms with Crippen molar-refractivity contribution in [1.29, 1.82) is 0 Å². The highest BCUT2D eigenvalue weighted by atomic mass is 16.5. The van der Waals surface area contributed by atoms with Gasteiger partial charge in [0.1, 0.15) is 0 Å². The molecule has 94 valence electrons. The number of carbonyl (C=O) groups excluding carboxylic acids is 2. The summed E-state index contributed by atoms with van der Waals surface area (Å²) in [5.41, 5.74) is 0. The van der Waals surface area contributed by atoms with E-state index in [-0.39, 0.29) is 12.6 Å². The molecule has 0 spiro atoms. The van der Waals surface area contributed by atoms with Gasteiger partial charge < -0.3 is 15.4 Å². The summed E-state index contributed by atoms with van der Waals surface area (Å²) in [5, 5.41) is 7.09. The first-order valence-corrected chi connectivity index (χ1v) is 4.81. The van der Waals surface area contributed by atoms with E-state index in [1.54, 1.807) is 0 Å². The number of rotatable bonds is 4. The fourth-order valence-corrected chi connectivity index (χ4v) is 0.722. The number of hydrogen-bond donors (Lipinski definition) is 3. The maximum absolute atomic E-state index is 11.2. The molecule has 4 amide bonds. The van der Waals surface area contributed by atoms with E-state index in [2.05, 4.69) is 34.1 Å². The van der Waals surface area contributed by atoms with Crippen molar-refractivity contribution in [1.82, 2.24) is 16.0 Å². The molecular formula is C10H16N4O3. The Hall–Kier alpha value is -2.31. The van der Waals surface area contributed by atoms with E-state index in [4.69, 9.17) is 4.74 Å². The third-order valence-corrected chi connectivity index (χ3v) is 1.42. The van der Waals surface area contributed by atoms with Crippen molar-refractivity contribution >= 4 is 18.1 Å². The Morgan fingerprint density at radius 2 is 1.82 bits per heavy atom. The van der Waals surface area contributed by atoms with Crippen LogP contribution >= 0.6 is 0 Å². The van der Waals surface area contributed by atoms with Crippen molar-refractivity contribution < 1.29 is 14.3 Å². The van der Waals surface area contributed by atoms with Gasteiger partial charge in [-0.25, -0.2) is 9.59 Å². The SMILES string of the molecule is C=CCNC(=O)N=C(NC(=O)NCC=C)OC. The minimum absolute atomic E-state index is 0.201. The number of hydrogen-bond acceptors (Lipinski definition) is 3. The number of methoxy groups -OCH3 is 1. The third kappa shape index (κ3) is 7.60. The number of carbonyl (C=O) groups is 2. The summed E-state index contributed by atoms with van der Waals surface area (Å²) in [5.74, 6) is 0. The maximum atomic E-state index is 11.2. The van der Waals surface area contributed by atoms with Crippen LogP contribution in [0.25, 0.3) is 0 Å². The Kier molecular flexibility index (Phi) is 7.74. The Balaban J connectivity index is 4.25. The quantitative estimate of drug-likeness (QED) is 0.376. The van der Waals surface area contributed by atoms with E-state index >= 15 is 0 Å². The highest BCUT2D eigenvalue weighted by Crippen LogP contribution is 1.80. The van der Waals surface area contributed by atoms with Crippen LogP contribution in [-0.4, -0.2) is 38.3 Å². The Bertz CT molecular complexity index is 326. The highest BCUT2D eigenvalue weighted by molar-refractivity contribution is 5.98. The van der Waals surface area contributed by atoms with Crippen molar-refractivity contribution in [2.24, 2.45) is 4.99 Å². The zero-order valence-electron chi connectivity index (χ0n) is 9.66. The lowest BCUT2D eigenvalue weighted by Gasteiger charge is -2.07. The van der Waals surface area contributed by atoms with Gasteiger partial charge in [0.2, 0.25) is 0 Å². The fraction of sp³-hybridized carbons (Fsp3) is 0.300. The largest absolute Gasteiger partial charge is 0.468 e. The molecule has 0 aromatic rings. The minimum atomic E-state index is -0.634. The van der Waals surface area contributed by atoms with Crippen LogP contribution in [-0.2, 0) is 4.74 Å². The minimum Gasteiger partial charge on any atom is -0.468 e. The van der Waals surface area contributed by atoms with Gasteiger partial charge in [-0.05, 0) is 0 Å². The van der Waals surface area contributed by atoms with Crippen LogP contribution in [0.4, 0.5) is 9.59 Å². The molecule has 0 saturated heterocycles. The van der Waals surface area contributed by atoms with Gasteiger partial charge in [-0.15, -0.1) is 18.2 Å². The smallest absolute Gasteiger partial charge is 0.345 e. The Labute approximate surface area is 99.6 Å². The third-order valence-electron chi connectivity index (χ3n) is 1.42. The average molecular weight is 240 g/mol. The zero-order valence-corrected chi connectivity index (χ0v) is 9.66. The monoisotopic (exact) mass is 240 g/mol. The van der Waals surface area contributed by atoms with Crippen LogP contribution < -0.4 is 16.0 Å². The van der Waals surface area contributed by atoms with Crippen LogP contribution in [0.5, 0.6) is 0 Å². The van der Waals surface area contributed by atoms with Crippen LogP contribution in [0.3, 0.4) is 0 Å². The van der Waals surface area contributed by atoms with Gasteiger partial charge in [0, 0.05) is 13.1 Å². The van der Waals surface area contributed by atoms with Crippen LogP contribution in [0, 0.1) is 0 Å². The molecule has 3 N–H and O–H groups in total. The van der Waals surface area contributed by atoms with Crippen molar-refractivity contribution in [2.75, 3.05) is 20.2 Å². The average Bonchev–Trinajstić information content (AvgIpc) is 2.32. The first kappa shape index (κ1) is 14.7. The summed E-state index contributed by atoms with van der Waals surface area (Å²) < 4.78 is 4.72. The van der Waals surface area contributed by atoms with Crippen molar-refractivity contribution in [3.05, 3.63) is 25.3 Å². The van der Waals surface area contributed by atoms with Crippen molar-refractivity contribution in [3.63, 3.8) is 0 Å². The Morgan fingerprint density at radius 1 is 1.24 bits per heavy atom. The highest BCUT2D eigenvalue weighted by Gasteiger charge is 2.06. The predicted octanol–water partition coefficient (Wildman–Crippen LogP) is 0.370. The number of aliphatic imine (C=N–C) groups is 1. The van der Waals surface area contributed by atoms with Gasteiger partial charge in [-0.1, -0.05) is 12.2 Å². The molecule has 0 aliphatic rings. The second-order valence-electron chi connectivity index (χ2n) is 2.72. The summed E-state index contributed by atoms with van der Waals surface area (Å²) in [7, 11) is 1.29. The van der Waals surface area contributed by atoms with Gasteiger partial charge in [-0.2, -0.15) is 0 Å². The molecule has 0 fully saturated rings. The van der Waals surface area contributed by atoms with E-state index in [1.807, 2.05) is 0 Å². The molecule has 0 radical (unpaired) electrons. The number of amides is 4. The van der Waals surface area contributed by atoms with Crippen molar-refractivity contribution in [3.8, 4) is 0 Å². The number of amidine groups is 1. The second kappa shape index (κ2) is 8.96. The first-order valence-electron chi connectivity index (χ1n) is 4.81. The van der Waals surface area contributed by atoms with Crippen LogP contribution in [0.2, 0.25) is 0 Å². The number of ether oxygens (including phenoxy) is 1. The number of nitrogens with zero attached hydrogens (tertiary/aromatic N) is 1. The number of nitrogens with one attached hydrogen (secondary N) is 3.